The summed E-state index contributed by atoms with van der Waals surface area (Å²) in [5.41, 5.74) is 6.92. The number of rotatable bonds is 3. The molecule has 0 radical (unpaired) electrons. The number of nitrogens with two attached hydrogens (primary N) is 1. The minimum atomic E-state index is -0.811. The van der Waals surface area contributed by atoms with Crippen molar-refractivity contribution in [2.45, 2.75) is 6.42 Å². The molecular weight excluding hydrogens is 296 g/mol. The number of nitrogens with zero attached hydrogens (tertiary/aromatic N) is 3. The van der Waals surface area contributed by atoms with E-state index in [1.165, 1.54) is 0 Å². The van der Waals surface area contributed by atoms with Crippen LogP contribution in [-0.2, 0) is 4.79 Å². The Kier molecular flexibility index (Phi) is 4.42. The van der Waals surface area contributed by atoms with Crippen LogP contribution in [0, 0.1) is 0 Å². The number of fused-ring (bicyclic) bond motifs is 1. The highest BCUT2D eigenvalue weighted by Crippen LogP contribution is 2.18. The van der Waals surface area contributed by atoms with Gasteiger partial charge in [0.25, 0.3) is 0 Å². The standard InChI is InChI=1S/C15H20N6O2/c16-14(23)19-13(22)10-20-6-3-7-21(9-8-20)15-17-11-4-1-2-5-12(11)18-15/h1-2,4-5H,3,6-10H2,(H,17,18)(H3,16,19,22,23). The molecule has 23 heavy (non-hydrogen) atoms. The summed E-state index contributed by atoms with van der Waals surface area (Å²) in [6.45, 7) is 3.33. The van der Waals surface area contributed by atoms with Gasteiger partial charge < -0.3 is 15.6 Å². The normalized spacial score (nSPS) is 16.3. The number of primary amides is 1. The summed E-state index contributed by atoms with van der Waals surface area (Å²) >= 11 is 0. The summed E-state index contributed by atoms with van der Waals surface area (Å²) in [5.74, 6) is 0.490. The van der Waals surface area contributed by atoms with Crippen LogP contribution in [0.25, 0.3) is 11.0 Å². The van der Waals surface area contributed by atoms with Crippen molar-refractivity contribution < 1.29 is 9.59 Å². The summed E-state index contributed by atoms with van der Waals surface area (Å²) in [6.07, 6.45) is 0.918. The first-order chi connectivity index (χ1) is 11.1. The molecule has 122 valence electrons. The lowest BCUT2D eigenvalue weighted by Crippen LogP contribution is -2.43. The fourth-order valence-electron chi connectivity index (χ4n) is 2.81. The summed E-state index contributed by atoms with van der Waals surface area (Å²) in [5, 5.41) is 2.10. The number of aromatic amines is 1. The molecule has 1 aliphatic rings. The Bertz CT molecular complexity index is 680. The van der Waals surface area contributed by atoms with Gasteiger partial charge in [0.2, 0.25) is 11.9 Å². The van der Waals surface area contributed by atoms with Gasteiger partial charge in [-0.05, 0) is 18.6 Å². The molecule has 0 spiro atoms. The number of H-pyrrole nitrogens is 1. The molecule has 1 fully saturated rings. The molecule has 0 saturated carbocycles. The van der Waals surface area contributed by atoms with Crippen molar-refractivity contribution in [3.05, 3.63) is 24.3 Å². The van der Waals surface area contributed by atoms with Crippen molar-refractivity contribution in [2.24, 2.45) is 5.73 Å². The number of anilines is 1. The lowest BCUT2D eigenvalue weighted by atomic mass is 10.3. The van der Waals surface area contributed by atoms with Gasteiger partial charge in [-0.2, -0.15) is 0 Å². The van der Waals surface area contributed by atoms with Gasteiger partial charge in [-0.15, -0.1) is 0 Å². The van der Waals surface area contributed by atoms with Crippen LogP contribution in [0.15, 0.2) is 24.3 Å². The number of carbonyl (C=O) groups excluding carboxylic acids is 2. The number of para-hydroxylation sites is 2. The Balaban J connectivity index is 1.62. The summed E-state index contributed by atoms with van der Waals surface area (Å²) in [4.78, 5) is 34.5. The van der Waals surface area contributed by atoms with Gasteiger partial charge >= 0.3 is 6.03 Å². The first-order valence-electron chi connectivity index (χ1n) is 7.63. The van der Waals surface area contributed by atoms with E-state index in [9.17, 15) is 9.59 Å². The number of aromatic nitrogens is 2. The van der Waals surface area contributed by atoms with Crippen LogP contribution >= 0.6 is 0 Å². The number of hydrogen-bond donors (Lipinski definition) is 3. The van der Waals surface area contributed by atoms with Crippen LogP contribution in [0.2, 0.25) is 0 Å². The van der Waals surface area contributed by atoms with Gasteiger partial charge in [-0.25, -0.2) is 9.78 Å². The Hall–Kier alpha value is -2.61. The molecule has 1 saturated heterocycles. The van der Waals surface area contributed by atoms with E-state index >= 15 is 0 Å². The van der Waals surface area contributed by atoms with Gasteiger partial charge in [0.05, 0.1) is 17.6 Å². The molecule has 2 aromatic rings. The molecule has 0 unspecified atom stereocenters. The van der Waals surface area contributed by atoms with E-state index in [1.807, 2.05) is 29.2 Å². The van der Waals surface area contributed by atoms with Gasteiger partial charge in [-0.1, -0.05) is 12.1 Å². The molecule has 8 heteroatoms. The minimum absolute atomic E-state index is 0.177. The van der Waals surface area contributed by atoms with Gasteiger partial charge in [-0.3, -0.25) is 15.0 Å². The Morgan fingerprint density at radius 2 is 2.04 bits per heavy atom. The molecular formula is C15H20N6O2. The summed E-state index contributed by atoms with van der Waals surface area (Å²) in [6, 6.07) is 7.12. The van der Waals surface area contributed by atoms with Crippen LogP contribution in [0.3, 0.4) is 0 Å². The number of benzene rings is 1. The van der Waals surface area contributed by atoms with E-state index in [0.29, 0.717) is 0 Å². The van der Waals surface area contributed by atoms with E-state index in [0.717, 1.165) is 49.6 Å². The second-order valence-corrected chi connectivity index (χ2v) is 5.61. The van der Waals surface area contributed by atoms with Crippen molar-refractivity contribution >= 4 is 28.9 Å². The van der Waals surface area contributed by atoms with E-state index in [4.69, 9.17) is 5.73 Å². The fraction of sp³-hybridized carbons (Fsp3) is 0.400. The largest absolute Gasteiger partial charge is 0.351 e. The van der Waals surface area contributed by atoms with Crippen molar-refractivity contribution in [1.82, 2.24) is 20.2 Å². The second kappa shape index (κ2) is 6.66. The maximum absolute atomic E-state index is 11.6. The molecule has 0 bridgehead atoms. The monoisotopic (exact) mass is 316 g/mol. The van der Waals surface area contributed by atoms with Crippen LogP contribution < -0.4 is 16.0 Å². The molecule has 1 aliphatic heterocycles. The average molecular weight is 316 g/mol. The molecule has 1 aromatic heterocycles. The van der Waals surface area contributed by atoms with Gasteiger partial charge in [0, 0.05) is 26.2 Å². The van der Waals surface area contributed by atoms with Crippen molar-refractivity contribution in [3.8, 4) is 0 Å². The molecule has 8 nitrogen and oxygen atoms in total. The van der Waals surface area contributed by atoms with Gasteiger partial charge in [0.15, 0.2) is 0 Å². The molecule has 3 amide bonds. The number of imidazole rings is 1. The van der Waals surface area contributed by atoms with Crippen molar-refractivity contribution in [3.63, 3.8) is 0 Å². The average Bonchev–Trinajstić information content (AvgIpc) is 2.80. The first kappa shape index (κ1) is 15.3. The number of amides is 3. The molecule has 0 atom stereocenters. The first-order valence-corrected chi connectivity index (χ1v) is 7.63. The molecule has 2 heterocycles. The Morgan fingerprint density at radius 1 is 1.22 bits per heavy atom. The summed E-state index contributed by atoms with van der Waals surface area (Å²) in [7, 11) is 0. The van der Waals surface area contributed by atoms with Gasteiger partial charge in [0.1, 0.15) is 0 Å². The summed E-state index contributed by atoms with van der Waals surface area (Å²) < 4.78 is 0. The predicted molar refractivity (Wildman–Crippen MR) is 87.1 cm³/mol. The molecule has 0 aliphatic carbocycles. The lowest BCUT2D eigenvalue weighted by Gasteiger charge is -2.20. The van der Waals surface area contributed by atoms with E-state index in [-0.39, 0.29) is 12.5 Å². The minimum Gasteiger partial charge on any atom is -0.351 e. The third-order valence-corrected chi connectivity index (χ3v) is 3.89. The third kappa shape index (κ3) is 3.78. The quantitative estimate of drug-likeness (QED) is 0.753. The van der Waals surface area contributed by atoms with Crippen LogP contribution in [0.4, 0.5) is 10.7 Å². The molecule has 1 aromatic carbocycles. The third-order valence-electron chi connectivity index (χ3n) is 3.89. The zero-order valence-corrected chi connectivity index (χ0v) is 12.8. The topological polar surface area (TPSA) is 107 Å². The Morgan fingerprint density at radius 3 is 2.83 bits per heavy atom. The highest BCUT2D eigenvalue weighted by atomic mass is 16.2. The van der Waals surface area contributed by atoms with E-state index in [2.05, 4.69) is 20.2 Å². The van der Waals surface area contributed by atoms with Crippen LogP contribution in [0.5, 0.6) is 0 Å². The lowest BCUT2D eigenvalue weighted by molar-refractivity contribution is -0.121. The smallest absolute Gasteiger partial charge is 0.318 e. The molecule has 3 rings (SSSR count). The number of imide groups is 1. The zero-order valence-electron chi connectivity index (χ0n) is 12.8. The Labute approximate surface area is 133 Å². The van der Waals surface area contributed by atoms with Crippen molar-refractivity contribution in [1.29, 1.82) is 0 Å². The zero-order chi connectivity index (χ0) is 16.2. The number of urea groups is 1. The maximum Gasteiger partial charge on any atom is 0.318 e. The molecule has 4 N–H and O–H groups in total. The van der Waals surface area contributed by atoms with Crippen LogP contribution in [0.1, 0.15) is 6.42 Å². The van der Waals surface area contributed by atoms with Crippen molar-refractivity contribution in [2.75, 3.05) is 37.6 Å². The van der Waals surface area contributed by atoms with Crippen LogP contribution in [-0.4, -0.2) is 59.5 Å². The highest BCUT2D eigenvalue weighted by Gasteiger charge is 2.19. The fourth-order valence-corrected chi connectivity index (χ4v) is 2.81. The number of hydrogen-bond acceptors (Lipinski definition) is 5. The number of nitrogens with one attached hydrogen (secondary N) is 2. The predicted octanol–water partition coefficient (Wildman–Crippen LogP) is 0.270. The second-order valence-electron chi connectivity index (χ2n) is 5.61. The maximum atomic E-state index is 11.6. The van der Waals surface area contributed by atoms with E-state index < -0.39 is 6.03 Å². The van der Waals surface area contributed by atoms with E-state index in [1.54, 1.807) is 0 Å². The number of carbonyl (C=O) groups is 2. The highest BCUT2D eigenvalue weighted by molar-refractivity contribution is 5.94. The SMILES string of the molecule is NC(=O)NC(=O)CN1CCCN(c2nc3ccccc3[nH]2)CC1.